The van der Waals surface area contributed by atoms with Gasteiger partial charge in [-0.2, -0.15) is 90.6 Å². The summed E-state index contributed by atoms with van der Waals surface area (Å²) in [6, 6.07) is 20.4. The number of nitrogens with one attached hydrogen (secondary N) is 4. The third-order valence-corrected chi connectivity index (χ3v) is 18.8. The van der Waals surface area contributed by atoms with Gasteiger partial charge in [-0.1, -0.05) is 11.5 Å². The van der Waals surface area contributed by atoms with Gasteiger partial charge in [-0.15, -0.1) is 10.2 Å². The van der Waals surface area contributed by atoms with E-state index in [1.807, 2.05) is 0 Å². The van der Waals surface area contributed by atoms with Gasteiger partial charge in [0.05, 0.1) is 42.3 Å². The summed E-state index contributed by atoms with van der Waals surface area (Å²) in [7, 11) is -30.4. The van der Waals surface area contributed by atoms with E-state index < -0.39 is 158 Å². The standard InChI is InChI=1S/C52H34Cl2N14O22S6.2Na/c53-47-59-49(63-51(61-47)57-43-39(95(85,86)87)15-21-9-27(5-7-33(21)45(43)71)65-67-35-17-29(91(73,74)75)11-23-13-31(93(79,80)81)19-37(69)41(23)35)55-25-1-2-26(4-3-25)56-50-60-48(54)62-52(64-50)58-44-40(96(88,89)90)16-22-10-28(6-8-34(22)46(44)72)66-68-36-18-30(92(76,77)78)12-24-14-32(94(82,83)84)20-38(70)42(24)36;;/h1-20,69-72H,(H,73,74,75)(H,76,77,78)(H,79,80,81)(H,82,83,84)(H,85,86,87)(H,88,89,90)(H2,55,57,59,61,63)(H2,56,58,60,62,64);;/q;2*+1/p-2. The van der Waals surface area contributed by atoms with Gasteiger partial charge in [-0.05, 0) is 166 Å². The number of azo groups is 2. The van der Waals surface area contributed by atoms with Crippen molar-refractivity contribution in [3.05, 3.63) is 132 Å². The van der Waals surface area contributed by atoms with Gasteiger partial charge >= 0.3 is 59.1 Å². The molecule has 98 heavy (non-hydrogen) atoms. The van der Waals surface area contributed by atoms with Crippen LogP contribution in [-0.2, 0) is 60.7 Å². The normalized spacial score (nSPS) is 12.5. The van der Waals surface area contributed by atoms with Crippen molar-refractivity contribution in [3.8, 4) is 23.0 Å². The molecule has 0 aliphatic heterocycles. The molecule has 11 aromatic rings. The molecule has 46 heteroatoms. The summed E-state index contributed by atoms with van der Waals surface area (Å²) in [5.74, 6) is -5.22. The SMILES string of the molecule is O=S(=O)(O)c1cc([O-])c2c(N=Nc3ccc4c(O)c(Nc5nc(Cl)nc(Nc6ccc(Nc7nc(Cl)nc(Nc8c(S(=O)(=O)O)cc9cc(N=Nc%10cc(S(=O)(=O)O)cc%11cc(S(=O)(=O)O)cc([O-])c%10%11)ccc9c8O)n7)cc6)n5)c(S(=O)(=O)O)cc4c3)cc(S(=O)(=O)O)cc2c1.[Na+].[Na+]. The van der Waals surface area contributed by atoms with Crippen molar-refractivity contribution in [2.75, 3.05) is 21.3 Å². The molecule has 2 heterocycles. The summed E-state index contributed by atoms with van der Waals surface area (Å²) < 4.78 is 206. The van der Waals surface area contributed by atoms with Crippen molar-refractivity contribution in [3.63, 3.8) is 0 Å². The molecule has 0 amide bonds. The Morgan fingerprint density at radius 1 is 0.357 bits per heavy atom. The van der Waals surface area contributed by atoms with Crippen LogP contribution in [0.25, 0.3) is 43.1 Å². The number of phenolic OH excluding ortho intramolecular Hbond substituents is 2. The molecule has 0 fully saturated rings. The van der Waals surface area contributed by atoms with E-state index >= 15 is 0 Å². The predicted octanol–water partition coefficient (Wildman–Crippen LogP) is 2.83. The molecule has 36 nitrogen and oxygen atoms in total. The van der Waals surface area contributed by atoms with E-state index in [1.165, 1.54) is 48.5 Å². The second kappa shape index (κ2) is 27.4. The number of fused-ring (bicyclic) bond motifs is 4. The van der Waals surface area contributed by atoms with E-state index in [1.54, 1.807) is 0 Å². The van der Waals surface area contributed by atoms with Crippen LogP contribution in [0.4, 0.5) is 69.3 Å². The van der Waals surface area contributed by atoms with Gasteiger partial charge in [-0.3, -0.25) is 27.3 Å². The topological polar surface area (TPSA) is 588 Å². The molecular weight excluding hydrogens is 1480 g/mol. The zero-order valence-electron chi connectivity index (χ0n) is 48.5. The third kappa shape index (κ3) is 16.2. The number of hydrogen-bond acceptors (Lipinski definition) is 30. The maximum atomic E-state index is 13.0. The molecule has 9 aromatic carbocycles. The Labute approximate surface area is 603 Å². The number of rotatable bonds is 18. The van der Waals surface area contributed by atoms with Crippen LogP contribution in [0, 0.1) is 0 Å². The number of anilines is 8. The number of hydrogen-bond donors (Lipinski definition) is 12. The van der Waals surface area contributed by atoms with Gasteiger partial charge in [-0.25, -0.2) is 0 Å². The number of halogens is 2. The molecule has 0 radical (unpaired) electrons. The minimum absolute atomic E-state index is 0. The maximum Gasteiger partial charge on any atom is 1.00 e. The van der Waals surface area contributed by atoms with Gasteiger partial charge in [0.15, 0.2) is 0 Å². The van der Waals surface area contributed by atoms with Crippen molar-refractivity contribution >= 4 is 196 Å². The fourth-order valence-corrected chi connectivity index (χ4v) is 13.1. The number of nitrogens with zero attached hydrogens (tertiary/aromatic N) is 10. The fourth-order valence-electron chi connectivity index (χ4n) is 9.29. The van der Waals surface area contributed by atoms with Crippen LogP contribution in [0.5, 0.6) is 23.0 Å². The molecule has 2 aromatic heterocycles. The van der Waals surface area contributed by atoms with E-state index in [4.69, 9.17) is 23.2 Å². The molecule has 0 atom stereocenters. The Kier molecular flexibility index (Phi) is 20.7. The summed E-state index contributed by atoms with van der Waals surface area (Å²) in [6.07, 6.45) is 0. The fraction of sp³-hybridized carbons (Fsp3) is 0. The monoisotopic (exact) mass is 1510 g/mol. The van der Waals surface area contributed by atoms with Crippen LogP contribution in [0.1, 0.15) is 0 Å². The second-order valence-corrected chi connectivity index (χ2v) is 28.9. The largest absolute Gasteiger partial charge is 1.00 e. The predicted molar refractivity (Wildman–Crippen MR) is 335 cm³/mol. The number of aromatic hydroxyl groups is 2. The minimum Gasteiger partial charge on any atom is -0.872 e. The molecule has 0 saturated carbocycles. The molecule has 0 saturated heterocycles. The van der Waals surface area contributed by atoms with Crippen molar-refractivity contribution < 1.29 is 157 Å². The van der Waals surface area contributed by atoms with Crippen molar-refractivity contribution in [2.24, 2.45) is 20.5 Å². The Morgan fingerprint density at radius 2 is 0.663 bits per heavy atom. The van der Waals surface area contributed by atoms with E-state index in [0.29, 0.717) is 12.1 Å². The van der Waals surface area contributed by atoms with E-state index in [9.17, 15) is 98.2 Å². The van der Waals surface area contributed by atoms with Crippen LogP contribution in [0.2, 0.25) is 10.6 Å². The van der Waals surface area contributed by atoms with Gasteiger partial charge < -0.3 is 41.7 Å². The molecule has 0 aliphatic rings. The molecule has 0 spiro atoms. The molecule has 12 N–H and O–H groups in total. The summed E-state index contributed by atoms with van der Waals surface area (Å²) >= 11 is 12.5. The first kappa shape index (κ1) is 73.9. The molecule has 0 bridgehead atoms. The average Bonchev–Trinajstić information content (AvgIpc) is 0.781. The molecular formula is C52H32Cl2N14Na2O22S6. The summed E-state index contributed by atoms with van der Waals surface area (Å²) in [5, 5.41) is 72.6. The van der Waals surface area contributed by atoms with Crippen LogP contribution in [0.15, 0.2) is 171 Å². The van der Waals surface area contributed by atoms with E-state index in [2.05, 4.69) is 71.6 Å². The number of benzene rings is 9. The van der Waals surface area contributed by atoms with E-state index in [0.717, 1.165) is 60.7 Å². The number of aromatic nitrogens is 6. The Morgan fingerprint density at radius 3 is 0.969 bits per heavy atom. The Hall–Kier alpha value is -8.32. The molecule has 11 rings (SSSR count). The van der Waals surface area contributed by atoms with Crippen LogP contribution >= 0.6 is 23.2 Å². The van der Waals surface area contributed by atoms with Gasteiger partial charge in [0.25, 0.3) is 60.7 Å². The summed E-state index contributed by atoms with van der Waals surface area (Å²) in [5.41, 5.74) is -2.07. The molecule has 494 valence electrons. The Bertz CT molecular complexity index is 5650. The van der Waals surface area contributed by atoms with Gasteiger partial charge in [0, 0.05) is 32.9 Å². The van der Waals surface area contributed by atoms with Gasteiger partial charge in [0.1, 0.15) is 32.7 Å². The summed E-state index contributed by atoms with van der Waals surface area (Å²) in [4.78, 5) is 18.9. The first-order valence-electron chi connectivity index (χ1n) is 25.6. The smallest absolute Gasteiger partial charge is 0.872 e. The van der Waals surface area contributed by atoms with Crippen molar-refractivity contribution in [2.45, 2.75) is 29.4 Å². The molecule has 0 aliphatic carbocycles. The maximum absolute atomic E-state index is 13.0. The zero-order valence-corrected chi connectivity index (χ0v) is 58.9. The first-order chi connectivity index (χ1) is 44.7. The molecule has 0 unspecified atom stereocenters. The van der Waals surface area contributed by atoms with Crippen LogP contribution in [-0.4, -0.2) is 118 Å². The Balaban J connectivity index is 0.00000562. The van der Waals surface area contributed by atoms with Crippen LogP contribution < -0.4 is 90.6 Å². The second-order valence-electron chi connectivity index (χ2n) is 19.8. The van der Waals surface area contributed by atoms with Gasteiger partial charge in [0.2, 0.25) is 34.4 Å². The zero-order chi connectivity index (χ0) is 69.5. The number of phenols is 2. The summed E-state index contributed by atoms with van der Waals surface area (Å²) in [6.45, 7) is 0. The third-order valence-electron chi connectivity index (χ3n) is 13.4. The first-order valence-corrected chi connectivity index (χ1v) is 35.0. The van der Waals surface area contributed by atoms with Crippen molar-refractivity contribution in [1.29, 1.82) is 0 Å². The van der Waals surface area contributed by atoms with E-state index in [-0.39, 0.29) is 137 Å². The average molecular weight is 1510 g/mol. The quantitative estimate of drug-likeness (QED) is 0.0254. The van der Waals surface area contributed by atoms with Crippen molar-refractivity contribution in [1.82, 2.24) is 29.9 Å². The van der Waals surface area contributed by atoms with Crippen LogP contribution in [0.3, 0.4) is 0 Å². The minimum atomic E-state index is -5.23.